The van der Waals surface area contributed by atoms with Gasteiger partial charge in [0.05, 0.1) is 13.0 Å². The number of rotatable bonds is 2. The Labute approximate surface area is 195 Å². The summed E-state index contributed by atoms with van der Waals surface area (Å²) in [5, 5.41) is 1.23. The van der Waals surface area contributed by atoms with Crippen molar-refractivity contribution in [2.45, 2.75) is 23.4 Å². The van der Waals surface area contributed by atoms with Gasteiger partial charge < -0.3 is 9.47 Å². The zero-order chi connectivity index (χ0) is 22.2. The normalized spacial score (nSPS) is 29.0. The van der Waals surface area contributed by atoms with Crippen LogP contribution in [-0.2, 0) is 24.7 Å². The van der Waals surface area contributed by atoms with Crippen LogP contribution < -0.4 is 0 Å². The molecule has 0 aromatic heterocycles. The van der Waals surface area contributed by atoms with Gasteiger partial charge in [-0.2, -0.15) is 0 Å². The SMILES string of the molecule is COC(=O)[C@H]1C(=O)OC23c4ccccc4[C@H](c4cccc(Cl)c4)[C@H]2c2cc(Cl)ccc2[C@H]13. The third-order valence-corrected chi connectivity index (χ3v) is 7.68. The number of ether oxygens (including phenoxy) is 2. The molecule has 5 atom stereocenters. The first-order valence-electron chi connectivity index (χ1n) is 10.4. The number of benzene rings is 3. The van der Waals surface area contributed by atoms with Gasteiger partial charge in [0.2, 0.25) is 0 Å². The molecule has 3 aromatic rings. The summed E-state index contributed by atoms with van der Waals surface area (Å²) in [5.74, 6) is -3.01. The maximum atomic E-state index is 13.1. The lowest BCUT2D eigenvalue weighted by Crippen LogP contribution is -2.32. The highest BCUT2D eigenvalue weighted by atomic mass is 35.5. The smallest absolute Gasteiger partial charge is 0.322 e. The van der Waals surface area contributed by atoms with Gasteiger partial charge in [-0.25, -0.2) is 0 Å². The molecule has 1 saturated heterocycles. The van der Waals surface area contributed by atoms with Crippen LogP contribution in [0.5, 0.6) is 0 Å². The molecule has 1 aliphatic heterocycles. The van der Waals surface area contributed by atoms with E-state index in [1.165, 1.54) is 7.11 Å². The highest BCUT2D eigenvalue weighted by molar-refractivity contribution is 6.31. The molecular formula is C26H18Cl2O4. The summed E-state index contributed by atoms with van der Waals surface area (Å²) in [6.07, 6.45) is 0. The lowest BCUT2D eigenvalue weighted by atomic mass is 9.75. The van der Waals surface area contributed by atoms with Crippen LogP contribution in [0.25, 0.3) is 0 Å². The van der Waals surface area contributed by atoms with Gasteiger partial charge in [0, 0.05) is 27.4 Å². The van der Waals surface area contributed by atoms with Gasteiger partial charge in [0.25, 0.3) is 0 Å². The summed E-state index contributed by atoms with van der Waals surface area (Å²) in [5.41, 5.74) is 3.90. The number of esters is 2. The van der Waals surface area contributed by atoms with Crippen LogP contribution in [0.2, 0.25) is 10.0 Å². The number of carbonyl (C=O) groups is 2. The Morgan fingerprint density at radius 1 is 0.906 bits per heavy atom. The zero-order valence-corrected chi connectivity index (χ0v) is 18.6. The molecule has 1 spiro atoms. The zero-order valence-electron chi connectivity index (χ0n) is 17.0. The number of halogens is 2. The van der Waals surface area contributed by atoms with Crippen molar-refractivity contribution in [3.05, 3.63) is 105 Å². The van der Waals surface area contributed by atoms with Crippen LogP contribution >= 0.6 is 23.2 Å². The number of hydrogen-bond acceptors (Lipinski definition) is 4. The third-order valence-electron chi connectivity index (χ3n) is 7.21. The predicted octanol–water partition coefficient (Wildman–Crippen LogP) is 5.56. The van der Waals surface area contributed by atoms with Crippen LogP contribution in [0.4, 0.5) is 0 Å². The summed E-state index contributed by atoms with van der Waals surface area (Å²) >= 11 is 12.8. The van der Waals surface area contributed by atoms with Gasteiger partial charge in [-0.1, -0.05) is 65.7 Å². The second kappa shape index (κ2) is 6.84. The molecule has 32 heavy (non-hydrogen) atoms. The number of methoxy groups -OCH3 is 1. The fourth-order valence-corrected chi connectivity index (χ4v) is 6.61. The monoisotopic (exact) mass is 464 g/mol. The Kier molecular flexibility index (Phi) is 4.24. The molecule has 0 saturated carbocycles. The first-order valence-corrected chi connectivity index (χ1v) is 11.2. The molecule has 3 aromatic carbocycles. The van der Waals surface area contributed by atoms with E-state index in [2.05, 4.69) is 6.07 Å². The molecule has 0 bridgehead atoms. The van der Waals surface area contributed by atoms with Crippen molar-refractivity contribution < 1.29 is 19.1 Å². The highest BCUT2D eigenvalue weighted by Crippen LogP contribution is 2.72. The first-order chi connectivity index (χ1) is 15.5. The molecule has 0 amide bonds. The van der Waals surface area contributed by atoms with E-state index in [1.54, 1.807) is 6.07 Å². The van der Waals surface area contributed by atoms with E-state index in [0.29, 0.717) is 10.0 Å². The fourth-order valence-electron chi connectivity index (χ4n) is 6.23. The van der Waals surface area contributed by atoms with Crippen LogP contribution in [-0.4, -0.2) is 19.0 Å². The molecule has 1 heterocycles. The van der Waals surface area contributed by atoms with Gasteiger partial charge in [0.1, 0.15) is 0 Å². The summed E-state index contributed by atoms with van der Waals surface area (Å²) in [6.45, 7) is 0. The van der Waals surface area contributed by atoms with Crippen molar-refractivity contribution in [1.29, 1.82) is 0 Å². The quantitative estimate of drug-likeness (QED) is 0.367. The molecular weight excluding hydrogens is 447 g/mol. The van der Waals surface area contributed by atoms with Crippen molar-refractivity contribution in [2.75, 3.05) is 7.11 Å². The molecule has 1 fully saturated rings. The maximum Gasteiger partial charge on any atom is 0.322 e. The van der Waals surface area contributed by atoms with Gasteiger partial charge in [-0.15, -0.1) is 0 Å². The maximum absolute atomic E-state index is 13.1. The third kappa shape index (κ3) is 2.40. The molecule has 2 aliphatic carbocycles. The van der Waals surface area contributed by atoms with Crippen LogP contribution in [0.15, 0.2) is 66.7 Å². The fraction of sp³-hybridized carbons (Fsp3) is 0.231. The van der Waals surface area contributed by atoms with E-state index in [-0.39, 0.29) is 11.8 Å². The summed E-state index contributed by atoms with van der Waals surface area (Å²) < 4.78 is 11.3. The molecule has 3 aliphatic rings. The minimum atomic E-state index is -1.03. The Hall–Kier alpha value is -2.82. The second-order valence-corrected chi connectivity index (χ2v) is 9.44. The Morgan fingerprint density at radius 3 is 2.47 bits per heavy atom. The number of fused-ring (bicyclic) bond motifs is 4. The molecule has 160 valence electrons. The van der Waals surface area contributed by atoms with Crippen LogP contribution in [0.1, 0.15) is 45.6 Å². The lowest BCUT2D eigenvalue weighted by Gasteiger charge is -2.31. The summed E-state index contributed by atoms with van der Waals surface area (Å²) in [6, 6.07) is 21.4. The molecule has 0 radical (unpaired) electrons. The average Bonchev–Trinajstić information content (AvgIpc) is 3.34. The Balaban J connectivity index is 1.68. The van der Waals surface area contributed by atoms with Crippen molar-refractivity contribution >= 4 is 35.1 Å². The van der Waals surface area contributed by atoms with E-state index >= 15 is 0 Å². The molecule has 0 N–H and O–H groups in total. The van der Waals surface area contributed by atoms with Crippen molar-refractivity contribution in [3.8, 4) is 0 Å². The van der Waals surface area contributed by atoms with Crippen molar-refractivity contribution in [3.63, 3.8) is 0 Å². The largest absolute Gasteiger partial charge is 0.468 e. The lowest BCUT2D eigenvalue weighted by molar-refractivity contribution is -0.158. The van der Waals surface area contributed by atoms with Gasteiger partial charge in [-0.05, 0) is 46.5 Å². The minimum Gasteiger partial charge on any atom is -0.468 e. The van der Waals surface area contributed by atoms with Crippen molar-refractivity contribution in [2.24, 2.45) is 5.92 Å². The van der Waals surface area contributed by atoms with Crippen molar-refractivity contribution in [1.82, 2.24) is 0 Å². The number of hydrogen-bond donors (Lipinski definition) is 0. The molecule has 1 unspecified atom stereocenters. The standard InChI is InChI=1S/C26H18Cl2O4/c1-31-24(29)21-22-16-10-9-15(28)12-18(16)23-20(13-5-4-6-14(27)11-13)17-7-2-3-8-19(17)26(22,23)32-25(21)30/h2-12,20-23H,1H3/t20-,21-,22+,23+,26?/m0/s1. The molecule has 6 heteroatoms. The highest BCUT2D eigenvalue weighted by Gasteiger charge is 2.72. The van der Waals surface area contributed by atoms with Gasteiger partial charge in [-0.3, -0.25) is 9.59 Å². The van der Waals surface area contributed by atoms with Crippen LogP contribution in [0, 0.1) is 5.92 Å². The van der Waals surface area contributed by atoms with E-state index in [9.17, 15) is 9.59 Å². The van der Waals surface area contributed by atoms with Gasteiger partial charge >= 0.3 is 11.9 Å². The average molecular weight is 465 g/mol. The van der Waals surface area contributed by atoms with E-state index in [0.717, 1.165) is 27.8 Å². The predicted molar refractivity (Wildman–Crippen MR) is 120 cm³/mol. The minimum absolute atomic E-state index is 0.115. The number of carbonyl (C=O) groups excluding carboxylic acids is 2. The van der Waals surface area contributed by atoms with E-state index in [1.807, 2.05) is 54.6 Å². The van der Waals surface area contributed by atoms with E-state index < -0.39 is 29.4 Å². The summed E-state index contributed by atoms with van der Waals surface area (Å²) in [7, 11) is 1.30. The Morgan fingerprint density at radius 2 is 1.69 bits per heavy atom. The van der Waals surface area contributed by atoms with Crippen LogP contribution in [0.3, 0.4) is 0 Å². The summed E-state index contributed by atoms with van der Waals surface area (Å²) in [4.78, 5) is 25.9. The second-order valence-electron chi connectivity index (χ2n) is 8.56. The first kappa shape index (κ1) is 19.8. The van der Waals surface area contributed by atoms with E-state index in [4.69, 9.17) is 32.7 Å². The Bertz CT molecular complexity index is 1300. The molecule has 6 rings (SSSR count). The van der Waals surface area contributed by atoms with Gasteiger partial charge in [0.15, 0.2) is 11.5 Å². The molecule has 4 nitrogen and oxygen atoms in total. The topological polar surface area (TPSA) is 52.6 Å².